The van der Waals surface area contributed by atoms with Crippen LogP contribution in [0.15, 0.2) is 35.3 Å². The van der Waals surface area contributed by atoms with Crippen LogP contribution in [0.3, 0.4) is 0 Å². The number of anilines is 1. The zero-order valence-electron chi connectivity index (χ0n) is 13.7. The van der Waals surface area contributed by atoms with Crippen molar-refractivity contribution in [3.63, 3.8) is 0 Å². The first kappa shape index (κ1) is 16.7. The number of rotatable bonds is 2. The fourth-order valence-electron chi connectivity index (χ4n) is 2.18. The van der Waals surface area contributed by atoms with Gasteiger partial charge in [0.25, 0.3) is 0 Å². The Bertz CT molecular complexity index is 606. The molecule has 5 nitrogen and oxygen atoms in total. The van der Waals surface area contributed by atoms with E-state index in [2.05, 4.69) is 4.99 Å². The molecule has 0 spiro atoms. The van der Waals surface area contributed by atoms with Crippen molar-refractivity contribution in [3.8, 4) is 0 Å². The zero-order valence-corrected chi connectivity index (χ0v) is 14.6. The highest BCUT2D eigenvalue weighted by molar-refractivity contribution is 8.00. The molecule has 1 saturated heterocycles. The lowest BCUT2D eigenvalue weighted by Gasteiger charge is -2.38. The molecule has 6 heteroatoms. The first-order valence-electron chi connectivity index (χ1n) is 7.35. The van der Waals surface area contributed by atoms with E-state index >= 15 is 0 Å². The van der Waals surface area contributed by atoms with Gasteiger partial charge in [-0.25, -0.2) is 9.00 Å². The van der Waals surface area contributed by atoms with Crippen molar-refractivity contribution in [2.75, 3.05) is 10.8 Å². The lowest BCUT2D eigenvalue weighted by molar-refractivity contribution is 0.220. The quantitative estimate of drug-likeness (QED) is 0.840. The van der Waals surface area contributed by atoms with Crippen LogP contribution in [0.2, 0.25) is 0 Å². The Morgan fingerprint density at radius 3 is 2.27 bits per heavy atom. The average molecular weight is 321 g/mol. The third-order valence-corrected chi connectivity index (χ3v) is 4.30. The molecular formula is C16H23N3O2S. The summed E-state index contributed by atoms with van der Waals surface area (Å²) >= 11 is 0. The molecule has 0 bridgehead atoms. The summed E-state index contributed by atoms with van der Waals surface area (Å²) in [6.45, 7) is 9.61. The number of amidine groups is 1. The number of hydrogen-bond donors (Lipinski definition) is 0. The maximum absolute atomic E-state index is 12.8. The van der Waals surface area contributed by atoms with E-state index in [1.165, 1.54) is 4.90 Å². The number of carbonyl (C=O) groups excluding carboxylic acids is 1. The standard InChI is InChI=1S/C16H23N3O2S/c1-12(2)19-14(17-16(3,4)5)22(21)11-18(15(19)20)13-9-7-6-8-10-13/h6-10,12H,11H2,1-5H3/t22-/m0/s1. The van der Waals surface area contributed by atoms with Gasteiger partial charge in [0.2, 0.25) is 5.17 Å². The van der Waals surface area contributed by atoms with E-state index in [-0.39, 0.29) is 23.5 Å². The summed E-state index contributed by atoms with van der Waals surface area (Å²) in [7, 11) is -1.35. The number of urea groups is 1. The number of amides is 2. The van der Waals surface area contributed by atoms with E-state index in [1.54, 1.807) is 4.90 Å². The first-order valence-corrected chi connectivity index (χ1v) is 8.66. The van der Waals surface area contributed by atoms with Crippen LogP contribution in [0.25, 0.3) is 0 Å². The second kappa shape index (κ2) is 6.20. The molecule has 0 aromatic heterocycles. The van der Waals surface area contributed by atoms with Crippen molar-refractivity contribution in [1.82, 2.24) is 4.90 Å². The van der Waals surface area contributed by atoms with Gasteiger partial charge in [0.15, 0.2) is 0 Å². The number of hydrogen-bond acceptors (Lipinski definition) is 3. The highest BCUT2D eigenvalue weighted by Crippen LogP contribution is 2.24. The monoisotopic (exact) mass is 321 g/mol. The van der Waals surface area contributed by atoms with Gasteiger partial charge in [0.05, 0.1) is 5.54 Å². The minimum absolute atomic E-state index is 0.107. The Kier molecular flexibility index (Phi) is 4.70. The van der Waals surface area contributed by atoms with Gasteiger partial charge in [-0.15, -0.1) is 0 Å². The average Bonchev–Trinajstić information content (AvgIpc) is 2.41. The number of nitrogens with zero attached hydrogens (tertiary/aromatic N) is 3. The van der Waals surface area contributed by atoms with Crippen LogP contribution in [0.5, 0.6) is 0 Å². The second-order valence-electron chi connectivity index (χ2n) is 6.55. The molecule has 0 saturated carbocycles. The maximum atomic E-state index is 12.8. The van der Waals surface area contributed by atoms with Crippen molar-refractivity contribution >= 4 is 27.7 Å². The molecule has 2 amide bonds. The van der Waals surface area contributed by atoms with E-state index in [9.17, 15) is 9.00 Å². The van der Waals surface area contributed by atoms with Gasteiger partial charge in [-0.2, -0.15) is 0 Å². The van der Waals surface area contributed by atoms with Crippen LogP contribution in [-0.2, 0) is 10.8 Å². The molecule has 120 valence electrons. The number of aliphatic imine (C=N–C) groups is 1. The summed E-state index contributed by atoms with van der Waals surface area (Å²) in [5.74, 6) is 0.140. The fraction of sp³-hybridized carbons (Fsp3) is 0.500. The third kappa shape index (κ3) is 3.55. The van der Waals surface area contributed by atoms with E-state index in [1.807, 2.05) is 65.0 Å². The van der Waals surface area contributed by atoms with Crippen molar-refractivity contribution in [2.45, 2.75) is 46.2 Å². The molecule has 1 aromatic rings. The molecule has 1 aliphatic rings. The SMILES string of the molecule is CC(C)N1C(=O)N(c2ccccc2)C[S@](=O)C1=NC(C)(C)C. The number of benzene rings is 1. The van der Waals surface area contributed by atoms with Crippen molar-refractivity contribution in [2.24, 2.45) is 4.99 Å². The lowest BCUT2D eigenvalue weighted by atomic mass is 10.1. The fourth-order valence-corrected chi connectivity index (χ4v) is 3.67. The molecule has 0 radical (unpaired) electrons. The Morgan fingerprint density at radius 1 is 1.18 bits per heavy atom. The van der Waals surface area contributed by atoms with Gasteiger partial charge in [0.1, 0.15) is 16.7 Å². The summed E-state index contributed by atoms with van der Waals surface area (Å²) < 4.78 is 12.7. The maximum Gasteiger partial charge on any atom is 0.331 e. The van der Waals surface area contributed by atoms with Gasteiger partial charge in [0, 0.05) is 11.7 Å². The smallest absolute Gasteiger partial charge is 0.281 e. The molecule has 1 aliphatic heterocycles. The summed E-state index contributed by atoms with van der Waals surface area (Å²) in [5, 5.41) is 0.375. The lowest BCUT2D eigenvalue weighted by Crippen LogP contribution is -2.57. The van der Waals surface area contributed by atoms with Gasteiger partial charge in [-0.05, 0) is 46.8 Å². The van der Waals surface area contributed by atoms with Crippen molar-refractivity contribution < 1.29 is 9.00 Å². The van der Waals surface area contributed by atoms with E-state index in [4.69, 9.17) is 0 Å². The van der Waals surface area contributed by atoms with E-state index in [0.29, 0.717) is 5.17 Å². The first-order chi connectivity index (χ1) is 10.2. The Morgan fingerprint density at radius 2 is 1.77 bits per heavy atom. The molecule has 2 rings (SSSR count). The predicted octanol–water partition coefficient (Wildman–Crippen LogP) is 3.20. The second-order valence-corrected chi connectivity index (χ2v) is 7.86. The molecule has 22 heavy (non-hydrogen) atoms. The van der Waals surface area contributed by atoms with Crippen molar-refractivity contribution in [1.29, 1.82) is 0 Å². The highest BCUT2D eigenvalue weighted by atomic mass is 32.2. The predicted molar refractivity (Wildman–Crippen MR) is 91.5 cm³/mol. The minimum atomic E-state index is -1.35. The molecule has 0 N–H and O–H groups in total. The van der Waals surface area contributed by atoms with E-state index in [0.717, 1.165) is 5.69 Å². The van der Waals surface area contributed by atoms with Crippen LogP contribution < -0.4 is 4.90 Å². The van der Waals surface area contributed by atoms with Crippen LogP contribution >= 0.6 is 0 Å². The number of para-hydroxylation sites is 1. The van der Waals surface area contributed by atoms with Crippen LogP contribution in [-0.4, -0.2) is 37.8 Å². The molecule has 0 aliphatic carbocycles. The van der Waals surface area contributed by atoms with Gasteiger partial charge < -0.3 is 0 Å². The Hall–Kier alpha value is -1.69. The zero-order chi connectivity index (χ0) is 16.5. The molecular weight excluding hydrogens is 298 g/mol. The highest BCUT2D eigenvalue weighted by Gasteiger charge is 2.38. The normalized spacial score (nSPS) is 21.8. The summed E-state index contributed by atoms with van der Waals surface area (Å²) in [5.41, 5.74) is 0.370. The third-order valence-electron chi connectivity index (χ3n) is 3.11. The topological polar surface area (TPSA) is 53.0 Å². The number of carbonyl (C=O) groups is 1. The largest absolute Gasteiger partial charge is 0.331 e. The summed E-state index contributed by atoms with van der Waals surface area (Å²) in [4.78, 5) is 20.5. The molecule has 1 aromatic carbocycles. The molecule has 1 fully saturated rings. The Labute approximate surface area is 134 Å². The minimum Gasteiger partial charge on any atom is -0.281 e. The molecule has 1 atom stereocenters. The van der Waals surface area contributed by atoms with Crippen LogP contribution in [0.1, 0.15) is 34.6 Å². The van der Waals surface area contributed by atoms with Crippen LogP contribution in [0.4, 0.5) is 10.5 Å². The van der Waals surface area contributed by atoms with Crippen LogP contribution in [0, 0.1) is 0 Å². The summed E-state index contributed by atoms with van der Waals surface area (Å²) in [6, 6.07) is 9.03. The summed E-state index contributed by atoms with van der Waals surface area (Å²) in [6.07, 6.45) is 0. The van der Waals surface area contributed by atoms with Gasteiger partial charge >= 0.3 is 6.03 Å². The van der Waals surface area contributed by atoms with E-state index < -0.39 is 10.8 Å². The molecule has 0 unspecified atom stereocenters. The van der Waals surface area contributed by atoms with Crippen molar-refractivity contribution in [3.05, 3.63) is 30.3 Å². The van der Waals surface area contributed by atoms with Gasteiger partial charge in [-0.3, -0.25) is 14.8 Å². The Balaban J connectivity index is 2.44. The van der Waals surface area contributed by atoms with Gasteiger partial charge in [-0.1, -0.05) is 18.2 Å². The molecule has 1 heterocycles.